The molecule has 0 fully saturated rings. The number of fused-ring (bicyclic) bond motifs is 1. The van der Waals surface area contributed by atoms with Gasteiger partial charge in [-0.3, -0.25) is 4.79 Å². The topological polar surface area (TPSA) is 85.2 Å². The highest BCUT2D eigenvalue weighted by atomic mass is 16.1. The Morgan fingerprint density at radius 3 is 2.78 bits per heavy atom. The Morgan fingerprint density at radius 1 is 1.39 bits per heavy atom. The molecule has 4 N–H and O–H groups in total. The van der Waals surface area contributed by atoms with E-state index in [1.807, 2.05) is 36.2 Å². The Labute approximate surface area is 105 Å². The van der Waals surface area contributed by atoms with Gasteiger partial charge in [-0.15, -0.1) is 0 Å². The van der Waals surface area contributed by atoms with Crippen LogP contribution in [0.3, 0.4) is 0 Å². The highest BCUT2D eigenvalue weighted by Crippen LogP contribution is 2.21. The Balaban J connectivity index is 2.60. The van der Waals surface area contributed by atoms with Gasteiger partial charge in [-0.25, -0.2) is 4.98 Å². The number of aromatic nitrogens is 1. The quantitative estimate of drug-likeness (QED) is 0.830. The second-order valence-electron chi connectivity index (χ2n) is 4.12. The molecule has 18 heavy (non-hydrogen) atoms. The zero-order valence-corrected chi connectivity index (χ0v) is 10.3. The van der Waals surface area contributed by atoms with E-state index < -0.39 is 5.91 Å². The van der Waals surface area contributed by atoms with Crippen molar-refractivity contribution >= 4 is 22.6 Å². The van der Waals surface area contributed by atoms with E-state index in [1.54, 1.807) is 6.07 Å². The van der Waals surface area contributed by atoms with Crippen molar-refractivity contribution in [2.75, 3.05) is 25.0 Å². The molecule has 2 aromatic rings. The molecule has 5 heteroatoms. The number of carbonyl (C=O) groups is 1. The van der Waals surface area contributed by atoms with Gasteiger partial charge in [-0.2, -0.15) is 0 Å². The molecule has 0 unspecified atom stereocenters. The van der Waals surface area contributed by atoms with E-state index in [9.17, 15) is 4.79 Å². The van der Waals surface area contributed by atoms with Gasteiger partial charge in [0.2, 0.25) is 5.91 Å². The molecule has 0 aliphatic carbocycles. The number of carbonyl (C=O) groups excluding carboxylic acids is 1. The second-order valence-corrected chi connectivity index (χ2v) is 4.12. The molecule has 0 spiro atoms. The number of benzene rings is 1. The van der Waals surface area contributed by atoms with E-state index in [-0.39, 0.29) is 0 Å². The number of anilines is 1. The maximum absolute atomic E-state index is 11.5. The van der Waals surface area contributed by atoms with Crippen molar-refractivity contribution in [1.29, 1.82) is 0 Å². The number of hydrogen-bond donors (Lipinski definition) is 2. The average molecular weight is 244 g/mol. The molecular formula is C13H16N4O. The van der Waals surface area contributed by atoms with Crippen LogP contribution in [-0.4, -0.2) is 31.0 Å². The highest BCUT2D eigenvalue weighted by Gasteiger charge is 2.11. The molecule has 0 bridgehead atoms. The van der Waals surface area contributed by atoms with Gasteiger partial charge < -0.3 is 16.4 Å². The molecule has 1 amide bonds. The van der Waals surface area contributed by atoms with Crippen LogP contribution in [-0.2, 0) is 0 Å². The summed E-state index contributed by atoms with van der Waals surface area (Å²) in [5, 5.41) is 0.773. The van der Waals surface area contributed by atoms with Gasteiger partial charge in [0.25, 0.3) is 0 Å². The number of amides is 1. The fourth-order valence-electron chi connectivity index (χ4n) is 1.87. The van der Waals surface area contributed by atoms with Gasteiger partial charge in [0.1, 0.15) is 5.82 Å². The third kappa shape index (κ3) is 2.26. The van der Waals surface area contributed by atoms with E-state index in [1.165, 1.54) is 0 Å². The van der Waals surface area contributed by atoms with Crippen LogP contribution in [0.1, 0.15) is 10.4 Å². The molecule has 0 aliphatic heterocycles. The predicted molar refractivity (Wildman–Crippen MR) is 72.6 cm³/mol. The average Bonchev–Trinajstić information content (AvgIpc) is 2.37. The third-order valence-corrected chi connectivity index (χ3v) is 2.82. The van der Waals surface area contributed by atoms with E-state index in [0.717, 1.165) is 10.9 Å². The number of pyridine rings is 1. The summed E-state index contributed by atoms with van der Waals surface area (Å²) in [6.45, 7) is 1.19. The van der Waals surface area contributed by atoms with E-state index in [2.05, 4.69) is 4.98 Å². The Morgan fingerprint density at radius 2 is 2.11 bits per heavy atom. The Kier molecular flexibility index (Phi) is 3.43. The van der Waals surface area contributed by atoms with Crippen LogP contribution in [0.25, 0.3) is 10.9 Å². The van der Waals surface area contributed by atoms with Gasteiger partial charge >= 0.3 is 0 Å². The van der Waals surface area contributed by atoms with Crippen LogP contribution < -0.4 is 16.4 Å². The van der Waals surface area contributed by atoms with E-state index >= 15 is 0 Å². The zero-order valence-electron chi connectivity index (χ0n) is 10.3. The second kappa shape index (κ2) is 5.01. The van der Waals surface area contributed by atoms with E-state index in [0.29, 0.717) is 24.5 Å². The predicted octanol–water partition coefficient (Wildman–Crippen LogP) is 0.729. The van der Waals surface area contributed by atoms with Crippen LogP contribution in [0.4, 0.5) is 5.82 Å². The number of rotatable bonds is 4. The van der Waals surface area contributed by atoms with Crippen molar-refractivity contribution in [2.45, 2.75) is 0 Å². The Bertz CT molecular complexity index is 582. The number of likely N-dealkylation sites (N-methyl/N-ethyl adjacent to an activating group) is 1. The van der Waals surface area contributed by atoms with Crippen molar-refractivity contribution < 1.29 is 4.79 Å². The van der Waals surface area contributed by atoms with Gasteiger partial charge in [0, 0.05) is 25.5 Å². The minimum Gasteiger partial charge on any atom is -0.366 e. The molecular weight excluding hydrogens is 228 g/mol. The van der Waals surface area contributed by atoms with Crippen molar-refractivity contribution in [1.82, 2.24) is 4.98 Å². The summed E-state index contributed by atoms with van der Waals surface area (Å²) in [4.78, 5) is 17.9. The normalized spacial score (nSPS) is 10.6. The summed E-state index contributed by atoms with van der Waals surface area (Å²) in [6, 6.07) is 9.16. The fraction of sp³-hybridized carbons (Fsp3) is 0.231. The molecule has 0 atom stereocenters. The maximum atomic E-state index is 11.5. The molecule has 5 nitrogen and oxygen atoms in total. The van der Waals surface area contributed by atoms with Crippen LogP contribution in [0.15, 0.2) is 30.3 Å². The SMILES string of the molecule is CN(CCN)c1cc(C(N)=O)c2ccccc2n1. The summed E-state index contributed by atoms with van der Waals surface area (Å²) >= 11 is 0. The van der Waals surface area contributed by atoms with Crippen molar-refractivity contribution in [3.05, 3.63) is 35.9 Å². The third-order valence-electron chi connectivity index (χ3n) is 2.82. The molecule has 94 valence electrons. The minimum absolute atomic E-state index is 0.448. The highest BCUT2D eigenvalue weighted by molar-refractivity contribution is 6.06. The zero-order chi connectivity index (χ0) is 13.1. The number of para-hydroxylation sites is 1. The first kappa shape index (κ1) is 12.3. The number of primary amides is 1. The smallest absolute Gasteiger partial charge is 0.249 e. The monoisotopic (exact) mass is 244 g/mol. The van der Waals surface area contributed by atoms with Crippen LogP contribution >= 0.6 is 0 Å². The minimum atomic E-state index is -0.448. The van der Waals surface area contributed by atoms with Crippen molar-refractivity contribution in [2.24, 2.45) is 11.5 Å². The van der Waals surface area contributed by atoms with Gasteiger partial charge in [-0.1, -0.05) is 18.2 Å². The first-order chi connectivity index (χ1) is 8.63. The lowest BCUT2D eigenvalue weighted by Gasteiger charge is -2.18. The molecule has 1 heterocycles. The van der Waals surface area contributed by atoms with Crippen molar-refractivity contribution in [3.8, 4) is 0 Å². The Hall–Kier alpha value is -2.14. The van der Waals surface area contributed by atoms with Gasteiger partial charge in [0.05, 0.1) is 11.1 Å². The lowest BCUT2D eigenvalue weighted by Crippen LogP contribution is -2.26. The molecule has 0 aliphatic rings. The molecule has 2 rings (SSSR count). The fourth-order valence-corrected chi connectivity index (χ4v) is 1.87. The van der Waals surface area contributed by atoms with E-state index in [4.69, 9.17) is 11.5 Å². The largest absolute Gasteiger partial charge is 0.366 e. The first-order valence-electron chi connectivity index (χ1n) is 5.74. The molecule has 0 saturated heterocycles. The number of hydrogen-bond acceptors (Lipinski definition) is 4. The molecule has 0 saturated carbocycles. The lowest BCUT2D eigenvalue weighted by molar-refractivity contribution is 0.100. The standard InChI is InChI=1S/C13H16N4O/c1-17(7-6-14)12-8-10(13(15)18)9-4-2-3-5-11(9)16-12/h2-5,8H,6-7,14H2,1H3,(H2,15,18). The van der Waals surface area contributed by atoms with Gasteiger partial charge in [0.15, 0.2) is 0 Å². The first-order valence-corrected chi connectivity index (χ1v) is 5.74. The molecule has 1 aromatic carbocycles. The van der Waals surface area contributed by atoms with Crippen LogP contribution in [0, 0.1) is 0 Å². The summed E-state index contributed by atoms with van der Waals surface area (Å²) in [7, 11) is 1.88. The van der Waals surface area contributed by atoms with Gasteiger partial charge in [-0.05, 0) is 12.1 Å². The molecule has 0 radical (unpaired) electrons. The van der Waals surface area contributed by atoms with Crippen molar-refractivity contribution in [3.63, 3.8) is 0 Å². The van der Waals surface area contributed by atoms with Crippen LogP contribution in [0.5, 0.6) is 0 Å². The molecule has 1 aromatic heterocycles. The maximum Gasteiger partial charge on any atom is 0.249 e. The summed E-state index contributed by atoms with van der Waals surface area (Å²) < 4.78 is 0. The number of nitrogens with zero attached hydrogens (tertiary/aromatic N) is 2. The summed E-state index contributed by atoms with van der Waals surface area (Å²) in [6.07, 6.45) is 0. The summed E-state index contributed by atoms with van der Waals surface area (Å²) in [5.74, 6) is 0.254. The number of nitrogens with two attached hydrogens (primary N) is 2. The lowest BCUT2D eigenvalue weighted by atomic mass is 10.1. The summed E-state index contributed by atoms with van der Waals surface area (Å²) in [5.41, 5.74) is 12.2. The van der Waals surface area contributed by atoms with Crippen LogP contribution in [0.2, 0.25) is 0 Å².